The van der Waals surface area contributed by atoms with Crippen LogP contribution < -0.4 is 4.89 Å². The molecule has 1 rings (SSSR count). The highest BCUT2D eigenvalue weighted by Crippen LogP contribution is 2.38. The second-order valence-corrected chi connectivity index (χ2v) is 18.8. The number of likely N-dealkylation sites (N-methyl/N-ethyl adjacent to an activating group) is 1. The fraction of sp³-hybridized carbons (Fsp3) is 0.771. The quantitative estimate of drug-likeness (QED) is 0.0157. The van der Waals surface area contributed by atoms with E-state index in [2.05, 4.69) is 33.8 Å². The molecule has 0 saturated heterocycles. The van der Waals surface area contributed by atoms with Gasteiger partial charge in [-0.15, -0.1) is 0 Å². The fourth-order valence-electron chi connectivity index (χ4n) is 6.64. The van der Waals surface area contributed by atoms with Crippen molar-refractivity contribution in [2.45, 2.75) is 194 Å². The Bertz CT molecular complexity index is 1410. The largest absolute Gasteiger partial charge is 0.756 e. The van der Waals surface area contributed by atoms with Crippen LogP contribution in [-0.4, -0.2) is 75.8 Å². The van der Waals surface area contributed by atoms with Gasteiger partial charge < -0.3 is 32.3 Å². The molecule has 1 heterocycles. The Labute approximate surface area is 364 Å². The van der Waals surface area contributed by atoms with Gasteiger partial charge in [-0.05, 0) is 76.0 Å². The van der Waals surface area contributed by atoms with E-state index in [4.69, 9.17) is 22.9 Å². The number of unbranched alkanes of at least 4 members (excludes halogenated alkanes) is 16. The van der Waals surface area contributed by atoms with E-state index in [9.17, 15) is 23.8 Å². The van der Waals surface area contributed by atoms with E-state index in [1.807, 2.05) is 33.3 Å². The summed E-state index contributed by atoms with van der Waals surface area (Å²) in [6.45, 7) is 8.32. The number of carbonyl (C=O) groups excluding carboxylic acids is 3. The van der Waals surface area contributed by atoms with Crippen molar-refractivity contribution < 1.29 is 51.3 Å². The van der Waals surface area contributed by atoms with Crippen molar-refractivity contribution in [2.24, 2.45) is 0 Å². The smallest absolute Gasteiger partial charge is 0.306 e. The highest BCUT2D eigenvalue weighted by molar-refractivity contribution is 7.45. The van der Waals surface area contributed by atoms with Crippen LogP contribution in [0.5, 0.6) is 0 Å². The molecule has 12 heteroatoms. The van der Waals surface area contributed by atoms with E-state index in [0.717, 1.165) is 95.7 Å². The maximum atomic E-state index is 12.7. The average Bonchev–Trinajstić information content (AvgIpc) is 3.46. The summed E-state index contributed by atoms with van der Waals surface area (Å²) in [5, 5.41) is 0. The van der Waals surface area contributed by atoms with Gasteiger partial charge in [0.15, 0.2) is 11.9 Å². The number of carbonyl (C=O) groups is 3. The summed E-state index contributed by atoms with van der Waals surface area (Å²) in [6, 6.07) is 0. The number of nitrogens with zero attached hydrogens (tertiary/aromatic N) is 1. The fourth-order valence-corrected chi connectivity index (χ4v) is 7.37. The van der Waals surface area contributed by atoms with Gasteiger partial charge in [0.1, 0.15) is 31.3 Å². The van der Waals surface area contributed by atoms with Crippen LogP contribution in [0.1, 0.15) is 184 Å². The van der Waals surface area contributed by atoms with Gasteiger partial charge >= 0.3 is 11.9 Å². The summed E-state index contributed by atoms with van der Waals surface area (Å²) < 4.78 is 40.1. The molecule has 1 aromatic heterocycles. The second kappa shape index (κ2) is 34.0. The van der Waals surface area contributed by atoms with Crippen LogP contribution >= 0.6 is 7.82 Å². The Morgan fingerprint density at radius 2 is 1.18 bits per heavy atom. The number of allylic oxidation sites excluding steroid dienone is 4. The van der Waals surface area contributed by atoms with E-state index in [1.54, 1.807) is 6.08 Å². The summed E-state index contributed by atoms with van der Waals surface area (Å²) in [5.41, 5.74) is 2.65. The normalized spacial score (nSPS) is 13.6. The van der Waals surface area contributed by atoms with Gasteiger partial charge in [0, 0.05) is 32.1 Å². The predicted octanol–water partition coefficient (Wildman–Crippen LogP) is 11.3. The van der Waals surface area contributed by atoms with E-state index in [-0.39, 0.29) is 31.8 Å². The number of furan rings is 1. The number of rotatable bonds is 39. The molecule has 11 nitrogen and oxygen atoms in total. The van der Waals surface area contributed by atoms with Crippen molar-refractivity contribution in [1.82, 2.24) is 0 Å². The number of hydrogen-bond donors (Lipinski definition) is 0. The van der Waals surface area contributed by atoms with Crippen LogP contribution in [-0.2, 0) is 50.3 Å². The van der Waals surface area contributed by atoms with Gasteiger partial charge in [0.05, 0.1) is 27.7 Å². The Morgan fingerprint density at radius 1 is 0.667 bits per heavy atom. The molecule has 1 unspecified atom stereocenters. The zero-order valence-corrected chi connectivity index (χ0v) is 39.8. The SMILES string of the molecule is CCCCCC(=O)/C=C/C=C\CCCCCCCC(=O)O[C@H](COC(=O)CCCCCCCCCCc1oc(CCCCC)c(C)c1C)COP(=O)([O-])OCC[N+](C)(C)C. The minimum absolute atomic E-state index is 0.0531. The van der Waals surface area contributed by atoms with Crippen LogP contribution in [0.3, 0.4) is 0 Å². The number of hydrogen-bond acceptors (Lipinski definition) is 10. The maximum absolute atomic E-state index is 12.7. The number of quaternary nitrogens is 1. The average molecular weight is 866 g/mol. The first-order chi connectivity index (χ1) is 28.7. The molecule has 2 atom stereocenters. The number of esters is 2. The Kier molecular flexibility index (Phi) is 31.4. The zero-order valence-electron chi connectivity index (χ0n) is 38.9. The summed E-state index contributed by atoms with van der Waals surface area (Å²) in [6.07, 6.45) is 30.0. The standard InChI is InChI=1S/C48H84NO10P/c1-8-10-25-31-43(50)32-27-21-17-13-12-14-20-24-30-36-48(52)58-44(40-57-60(53,54)56-38-37-49(5,6)7)39-55-47(51)35-29-23-19-16-15-18-22-28-34-46-42(4)41(3)45(59-46)33-26-11-9-2/h17,21,27,32,44H,8-16,18-20,22-26,28-31,33-40H2,1-7H3/b21-17-,32-27+/t44-/m1/s1. The molecule has 0 fully saturated rings. The molecular formula is C48H84NO10P. The molecule has 0 bridgehead atoms. The Balaban J connectivity index is 2.36. The molecule has 60 heavy (non-hydrogen) atoms. The second-order valence-electron chi connectivity index (χ2n) is 17.4. The van der Waals surface area contributed by atoms with Gasteiger partial charge in [-0.25, -0.2) is 0 Å². The lowest BCUT2D eigenvalue weighted by molar-refractivity contribution is -0.870. The molecular weight excluding hydrogens is 781 g/mol. The lowest BCUT2D eigenvalue weighted by Crippen LogP contribution is -2.37. The predicted molar refractivity (Wildman–Crippen MR) is 240 cm³/mol. The number of ketones is 1. The molecule has 0 aliphatic rings. The zero-order chi connectivity index (χ0) is 44.5. The van der Waals surface area contributed by atoms with E-state index in [1.165, 1.54) is 55.4 Å². The van der Waals surface area contributed by atoms with Crippen molar-refractivity contribution >= 4 is 25.5 Å². The van der Waals surface area contributed by atoms with Gasteiger partial charge in [-0.2, -0.15) is 0 Å². The maximum Gasteiger partial charge on any atom is 0.306 e. The van der Waals surface area contributed by atoms with Crippen LogP contribution in [0.4, 0.5) is 0 Å². The third kappa shape index (κ3) is 30.5. The monoisotopic (exact) mass is 866 g/mol. The highest BCUT2D eigenvalue weighted by atomic mass is 31.2. The molecule has 0 spiro atoms. The third-order valence-corrected chi connectivity index (χ3v) is 11.6. The molecule has 0 radical (unpaired) electrons. The summed E-state index contributed by atoms with van der Waals surface area (Å²) >= 11 is 0. The summed E-state index contributed by atoms with van der Waals surface area (Å²) in [5.74, 6) is 1.58. The van der Waals surface area contributed by atoms with Gasteiger partial charge in [0.2, 0.25) is 0 Å². The molecule has 0 amide bonds. The van der Waals surface area contributed by atoms with E-state index >= 15 is 0 Å². The van der Waals surface area contributed by atoms with Crippen LogP contribution in [0, 0.1) is 13.8 Å². The van der Waals surface area contributed by atoms with E-state index in [0.29, 0.717) is 30.3 Å². The molecule has 0 aromatic carbocycles. The van der Waals surface area contributed by atoms with Gasteiger partial charge in [-0.3, -0.25) is 18.9 Å². The molecule has 0 aliphatic heterocycles. The van der Waals surface area contributed by atoms with Gasteiger partial charge in [-0.1, -0.05) is 116 Å². The number of ether oxygens (including phenoxy) is 2. The minimum Gasteiger partial charge on any atom is -0.756 e. The number of aryl methyl sites for hydroxylation is 2. The van der Waals surface area contributed by atoms with Crippen molar-refractivity contribution in [3.05, 3.63) is 47.0 Å². The summed E-state index contributed by atoms with van der Waals surface area (Å²) in [7, 11) is 1.09. The molecule has 346 valence electrons. The van der Waals surface area contributed by atoms with E-state index < -0.39 is 32.5 Å². The Hall–Kier alpha value is -2.56. The molecule has 1 aromatic rings. The molecule has 0 saturated carbocycles. The topological polar surface area (TPSA) is 141 Å². The van der Waals surface area contributed by atoms with Crippen LogP contribution in [0.25, 0.3) is 0 Å². The lowest BCUT2D eigenvalue weighted by atomic mass is 10.0. The van der Waals surface area contributed by atoms with Crippen molar-refractivity contribution in [1.29, 1.82) is 0 Å². The van der Waals surface area contributed by atoms with Crippen molar-refractivity contribution in [3.8, 4) is 0 Å². The first-order valence-electron chi connectivity index (χ1n) is 23.4. The lowest BCUT2D eigenvalue weighted by Gasteiger charge is -2.28. The first kappa shape index (κ1) is 55.5. The summed E-state index contributed by atoms with van der Waals surface area (Å²) in [4.78, 5) is 49.5. The number of phosphoric ester groups is 1. The first-order valence-corrected chi connectivity index (χ1v) is 24.8. The highest BCUT2D eigenvalue weighted by Gasteiger charge is 2.22. The molecule has 0 aliphatic carbocycles. The molecule has 0 N–H and O–H groups in total. The van der Waals surface area contributed by atoms with Crippen LogP contribution in [0.15, 0.2) is 28.7 Å². The van der Waals surface area contributed by atoms with Crippen molar-refractivity contribution in [3.63, 3.8) is 0 Å². The Morgan fingerprint density at radius 3 is 1.78 bits per heavy atom. The third-order valence-electron chi connectivity index (χ3n) is 10.7. The number of phosphoric acid groups is 1. The van der Waals surface area contributed by atoms with Crippen molar-refractivity contribution in [2.75, 3.05) is 47.5 Å². The minimum atomic E-state index is -4.66. The van der Waals surface area contributed by atoms with Gasteiger partial charge in [0.25, 0.3) is 7.82 Å². The van der Waals surface area contributed by atoms with Crippen LogP contribution in [0.2, 0.25) is 0 Å².